The molecule has 60 valence electrons. The van der Waals surface area contributed by atoms with E-state index in [9.17, 15) is 0 Å². The van der Waals surface area contributed by atoms with Crippen LogP contribution in [0.25, 0.3) is 0 Å². The van der Waals surface area contributed by atoms with Gasteiger partial charge in [-0.15, -0.1) is 0 Å². The third-order valence-electron chi connectivity index (χ3n) is 2.15. The fourth-order valence-corrected chi connectivity index (χ4v) is 1.48. The maximum atomic E-state index is 8.80. The van der Waals surface area contributed by atoms with Gasteiger partial charge in [-0.25, -0.2) is 0 Å². The molecule has 0 aromatic carbocycles. The second-order valence-corrected chi connectivity index (χ2v) is 4.10. The van der Waals surface area contributed by atoms with Crippen LogP contribution < -0.4 is 0 Å². The van der Waals surface area contributed by atoms with Crippen LogP contribution in [-0.2, 0) is 0 Å². The zero-order valence-electron chi connectivity index (χ0n) is 7.09. The molecular weight excluding hydrogens is 126 g/mol. The summed E-state index contributed by atoms with van der Waals surface area (Å²) < 4.78 is 0. The first-order chi connectivity index (χ1) is 4.55. The number of nitrogens with zero attached hydrogens (tertiary/aromatic N) is 1. The van der Waals surface area contributed by atoms with Crippen LogP contribution in [0.4, 0.5) is 0 Å². The highest BCUT2D eigenvalue weighted by Gasteiger charge is 2.36. The summed E-state index contributed by atoms with van der Waals surface area (Å²) in [6.07, 6.45) is 0. The Morgan fingerprint density at radius 3 is 2.30 bits per heavy atom. The lowest BCUT2D eigenvalue weighted by molar-refractivity contribution is -0.0174. The molecule has 1 aliphatic rings. The summed E-state index contributed by atoms with van der Waals surface area (Å²) in [7, 11) is 0. The van der Waals surface area contributed by atoms with Crippen molar-refractivity contribution in [2.45, 2.75) is 26.8 Å². The summed E-state index contributed by atoms with van der Waals surface area (Å²) in [5, 5.41) is 8.80. The van der Waals surface area contributed by atoms with E-state index >= 15 is 0 Å². The molecule has 0 saturated carbocycles. The molecule has 1 atom stereocenters. The predicted molar refractivity (Wildman–Crippen MR) is 41.9 cm³/mol. The maximum absolute atomic E-state index is 8.80. The second-order valence-electron chi connectivity index (χ2n) is 4.10. The topological polar surface area (TPSA) is 23.5 Å². The molecule has 0 aliphatic carbocycles. The molecule has 1 rings (SSSR count). The van der Waals surface area contributed by atoms with E-state index in [-0.39, 0.29) is 6.61 Å². The van der Waals surface area contributed by atoms with Gasteiger partial charge >= 0.3 is 0 Å². The Balaban J connectivity index is 2.26. The molecule has 1 N–H and O–H groups in total. The average Bonchev–Trinajstić information content (AvgIpc) is 1.81. The van der Waals surface area contributed by atoms with Crippen molar-refractivity contribution in [1.29, 1.82) is 0 Å². The average molecular weight is 143 g/mol. The predicted octanol–water partition coefficient (Wildman–Crippen LogP) is 0.709. The van der Waals surface area contributed by atoms with Crippen LogP contribution in [-0.4, -0.2) is 35.7 Å². The second kappa shape index (κ2) is 2.51. The van der Waals surface area contributed by atoms with Crippen molar-refractivity contribution >= 4 is 0 Å². The van der Waals surface area contributed by atoms with Gasteiger partial charge in [0.1, 0.15) is 0 Å². The lowest BCUT2D eigenvalue weighted by atomic mass is 9.83. The highest BCUT2D eigenvalue weighted by atomic mass is 16.3. The minimum Gasteiger partial charge on any atom is -0.395 e. The molecule has 1 fully saturated rings. The number of hydrogen-bond donors (Lipinski definition) is 1. The first-order valence-electron chi connectivity index (χ1n) is 3.90. The molecule has 2 nitrogen and oxygen atoms in total. The molecule has 0 amide bonds. The molecule has 0 bridgehead atoms. The van der Waals surface area contributed by atoms with Gasteiger partial charge in [-0.1, -0.05) is 13.8 Å². The highest BCUT2D eigenvalue weighted by molar-refractivity contribution is 4.89. The smallest absolute Gasteiger partial charge is 0.0584 e. The Morgan fingerprint density at radius 1 is 1.50 bits per heavy atom. The number of aliphatic hydroxyl groups is 1. The monoisotopic (exact) mass is 143 g/mol. The molecule has 0 aromatic heterocycles. The summed E-state index contributed by atoms with van der Waals surface area (Å²) in [6, 6.07) is 0.355. The molecule has 0 unspecified atom stereocenters. The van der Waals surface area contributed by atoms with E-state index in [1.807, 2.05) is 0 Å². The largest absolute Gasteiger partial charge is 0.395 e. The summed E-state index contributed by atoms with van der Waals surface area (Å²) in [5.41, 5.74) is 0.490. The van der Waals surface area contributed by atoms with Crippen molar-refractivity contribution in [3.63, 3.8) is 0 Å². The maximum Gasteiger partial charge on any atom is 0.0584 e. The number of rotatable bonds is 2. The van der Waals surface area contributed by atoms with E-state index in [1.54, 1.807) is 0 Å². The van der Waals surface area contributed by atoms with E-state index in [2.05, 4.69) is 25.7 Å². The van der Waals surface area contributed by atoms with E-state index in [1.165, 1.54) is 0 Å². The van der Waals surface area contributed by atoms with Crippen molar-refractivity contribution in [1.82, 2.24) is 4.90 Å². The molecule has 1 aliphatic heterocycles. The normalized spacial score (nSPS) is 27.6. The lowest BCUT2D eigenvalue weighted by Gasteiger charge is -2.48. The summed E-state index contributed by atoms with van der Waals surface area (Å²) >= 11 is 0. The van der Waals surface area contributed by atoms with Gasteiger partial charge in [-0.05, 0) is 12.3 Å². The number of aliphatic hydroxyl groups excluding tert-OH is 1. The van der Waals surface area contributed by atoms with Crippen LogP contribution in [0.5, 0.6) is 0 Å². The van der Waals surface area contributed by atoms with Crippen molar-refractivity contribution in [3.05, 3.63) is 0 Å². The lowest BCUT2D eigenvalue weighted by Crippen LogP contribution is -2.57. The Labute approximate surface area is 62.8 Å². The van der Waals surface area contributed by atoms with Crippen LogP contribution in [0.15, 0.2) is 0 Å². The van der Waals surface area contributed by atoms with Gasteiger partial charge in [0.25, 0.3) is 0 Å². The third-order valence-corrected chi connectivity index (χ3v) is 2.15. The van der Waals surface area contributed by atoms with Gasteiger partial charge in [0.15, 0.2) is 0 Å². The first-order valence-corrected chi connectivity index (χ1v) is 3.90. The summed E-state index contributed by atoms with van der Waals surface area (Å²) in [5.74, 6) is 0. The van der Waals surface area contributed by atoms with Crippen LogP contribution in [0.2, 0.25) is 0 Å². The van der Waals surface area contributed by atoms with Gasteiger partial charge in [0.2, 0.25) is 0 Å². The zero-order chi connectivity index (χ0) is 7.78. The zero-order valence-corrected chi connectivity index (χ0v) is 7.09. The Bertz CT molecular complexity index is 114. The van der Waals surface area contributed by atoms with E-state index in [0.717, 1.165) is 13.1 Å². The molecule has 1 saturated heterocycles. The number of hydrogen-bond acceptors (Lipinski definition) is 2. The molecular formula is C8H17NO. The SMILES string of the molecule is C[C@@H](CO)N1CC(C)(C)C1. The standard InChI is InChI=1S/C8H17NO/c1-7(4-10)9-5-8(2,3)6-9/h7,10H,4-6H2,1-3H3/t7-/m0/s1. The number of likely N-dealkylation sites (tertiary alicyclic amines) is 1. The van der Waals surface area contributed by atoms with Gasteiger partial charge in [0, 0.05) is 19.1 Å². The molecule has 0 aromatic rings. The Kier molecular flexibility index (Phi) is 2.02. The minimum absolute atomic E-state index is 0.288. The van der Waals surface area contributed by atoms with Gasteiger partial charge in [0.05, 0.1) is 6.61 Å². The van der Waals surface area contributed by atoms with E-state index < -0.39 is 0 Å². The molecule has 1 heterocycles. The third kappa shape index (κ3) is 1.50. The Morgan fingerprint density at radius 2 is 2.00 bits per heavy atom. The van der Waals surface area contributed by atoms with Crippen molar-refractivity contribution < 1.29 is 5.11 Å². The van der Waals surface area contributed by atoms with E-state index in [0.29, 0.717) is 11.5 Å². The Hall–Kier alpha value is -0.0800. The van der Waals surface area contributed by atoms with Crippen molar-refractivity contribution in [3.8, 4) is 0 Å². The van der Waals surface area contributed by atoms with Crippen molar-refractivity contribution in [2.75, 3.05) is 19.7 Å². The van der Waals surface area contributed by atoms with E-state index in [4.69, 9.17) is 5.11 Å². The fourth-order valence-electron chi connectivity index (χ4n) is 1.48. The van der Waals surface area contributed by atoms with Crippen molar-refractivity contribution in [2.24, 2.45) is 5.41 Å². The quantitative estimate of drug-likeness (QED) is 0.615. The van der Waals surface area contributed by atoms with Crippen LogP contribution in [0.1, 0.15) is 20.8 Å². The minimum atomic E-state index is 0.288. The molecule has 0 spiro atoms. The first kappa shape index (κ1) is 8.02. The van der Waals surface area contributed by atoms with Crippen LogP contribution in [0.3, 0.4) is 0 Å². The summed E-state index contributed by atoms with van der Waals surface area (Å²) in [4.78, 5) is 2.31. The molecule has 0 radical (unpaired) electrons. The summed E-state index contributed by atoms with van der Waals surface area (Å²) in [6.45, 7) is 9.13. The van der Waals surface area contributed by atoms with Gasteiger partial charge < -0.3 is 5.11 Å². The highest BCUT2D eigenvalue weighted by Crippen LogP contribution is 2.29. The van der Waals surface area contributed by atoms with Crippen LogP contribution >= 0.6 is 0 Å². The fraction of sp³-hybridized carbons (Fsp3) is 1.00. The van der Waals surface area contributed by atoms with Gasteiger partial charge in [-0.3, -0.25) is 4.90 Å². The molecule has 10 heavy (non-hydrogen) atoms. The van der Waals surface area contributed by atoms with Crippen LogP contribution in [0, 0.1) is 5.41 Å². The van der Waals surface area contributed by atoms with Gasteiger partial charge in [-0.2, -0.15) is 0 Å². The molecule has 2 heteroatoms.